The van der Waals surface area contributed by atoms with Crippen LogP contribution >= 0.6 is 0 Å². The molecule has 1 aromatic carbocycles. The molecular formula is C13H11FN2O2. The van der Waals surface area contributed by atoms with Gasteiger partial charge in [-0.25, -0.2) is 4.39 Å². The van der Waals surface area contributed by atoms with Crippen molar-refractivity contribution in [1.29, 1.82) is 0 Å². The lowest BCUT2D eigenvalue weighted by Crippen LogP contribution is -2.15. The number of phenolic OH excluding ortho intramolecular Hbond substituents is 1. The van der Waals surface area contributed by atoms with E-state index in [-0.39, 0.29) is 5.56 Å². The Morgan fingerprint density at radius 2 is 2.11 bits per heavy atom. The number of nitrogens with zero attached hydrogens (tertiary/aromatic N) is 1. The fourth-order valence-electron chi connectivity index (χ4n) is 1.54. The van der Waals surface area contributed by atoms with Crippen LogP contribution in [-0.2, 0) is 0 Å². The summed E-state index contributed by atoms with van der Waals surface area (Å²) in [6, 6.07) is 7.01. The van der Waals surface area contributed by atoms with E-state index in [4.69, 9.17) is 0 Å². The van der Waals surface area contributed by atoms with Crippen molar-refractivity contribution < 1.29 is 14.3 Å². The highest BCUT2D eigenvalue weighted by molar-refractivity contribution is 6.06. The number of hydrogen-bond donors (Lipinski definition) is 2. The minimum Gasteiger partial charge on any atom is -0.507 e. The number of halogens is 1. The Morgan fingerprint density at radius 3 is 2.78 bits per heavy atom. The molecule has 5 heteroatoms. The highest BCUT2D eigenvalue weighted by Crippen LogP contribution is 2.21. The summed E-state index contributed by atoms with van der Waals surface area (Å²) in [5.41, 5.74) is 0.715. The summed E-state index contributed by atoms with van der Waals surface area (Å²) in [6.07, 6.45) is 1.59. The van der Waals surface area contributed by atoms with Gasteiger partial charge in [-0.15, -0.1) is 0 Å². The molecule has 0 fully saturated rings. The van der Waals surface area contributed by atoms with Crippen LogP contribution in [0.3, 0.4) is 0 Å². The molecule has 0 saturated carbocycles. The van der Waals surface area contributed by atoms with Crippen LogP contribution in [0.1, 0.15) is 16.1 Å². The maximum absolute atomic E-state index is 13.5. The van der Waals surface area contributed by atoms with Crippen molar-refractivity contribution in [2.24, 2.45) is 0 Å². The van der Waals surface area contributed by atoms with Crippen molar-refractivity contribution in [2.75, 3.05) is 5.32 Å². The first-order chi connectivity index (χ1) is 8.59. The maximum atomic E-state index is 13.5. The van der Waals surface area contributed by atoms with Crippen LogP contribution in [0.5, 0.6) is 5.75 Å². The van der Waals surface area contributed by atoms with E-state index in [0.29, 0.717) is 11.4 Å². The first-order valence-corrected chi connectivity index (χ1v) is 5.30. The Morgan fingerprint density at radius 1 is 1.33 bits per heavy atom. The molecule has 0 saturated heterocycles. The molecule has 0 spiro atoms. The Labute approximate surface area is 103 Å². The average Bonchev–Trinajstić information content (AvgIpc) is 2.32. The Kier molecular flexibility index (Phi) is 3.23. The van der Waals surface area contributed by atoms with Crippen molar-refractivity contribution in [2.45, 2.75) is 6.92 Å². The van der Waals surface area contributed by atoms with Crippen LogP contribution in [0, 0.1) is 12.7 Å². The zero-order valence-corrected chi connectivity index (χ0v) is 9.64. The normalized spacial score (nSPS) is 10.1. The minimum absolute atomic E-state index is 0.374. The SMILES string of the molecule is Cc1ncccc1NC(=O)c1c(O)cccc1F. The quantitative estimate of drug-likeness (QED) is 0.855. The number of aromatic hydroxyl groups is 1. The molecule has 18 heavy (non-hydrogen) atoms. The predicted molar refractivity (Wildman–Crippen MR) is 65.0 cm³/mol. The van der Waals surface area contributed by atoms with E-state index in [2.05, 4.69) is 10.3 Å². The number of rotatable bonds is 2. The number of nitrogens with one attached hydrogen (secondary N) is 1. The molecule has 2 aromatic rings. The molecular weight excluding hydrogens is 235 g/mol. The first-order valence-electron chi connectivity index (χ1n) is 5.30. The summed E-state index contributed by atoms with van der Waals surface area (Å²) in [5, 5.41) is 12.0. The number of anilines is 1. The van der Waals surface area contributed by atoms with Crippen molar-refractivity contribution in [1.82, 2.24) is 4.98 Å². The monoisotopic (exact) mass is 246 g/mol. The summed E-state index contributed by atoms with van der Waals surface area (Å²) in [6.45, 7) is 1.72. The highest BCUT2D eigenvalue weighted by Gasteiger charge is 2.17. The maximum Gasteiger partial charge on any atom is 0.262 e. The molecule has 0 bridgehead atoms. The van der Waals surface area contributed by atoms with Gasteiger partial charge in [0.15, 0.2) is 0 Å². The van der Waals surface area contributed by atoms with Gasteiger partial charge < -0.3 is 10.4 Å². The minimum atomic E-state index is -0.769. The lowest BCUT2D eigenvalue weighted by molar-refractivity contribution is 0.102. The highest BCUT2D eigenvalue weighted by atomic mass is 19.1. The molecule has 4 nitrogen and oxygen atoms in total. The number of phenols is 1. The molecule has 1 amide bonds. The van der Waals surface area contributed by atoms with E-state index in [1.54, 1.807) is 25.3 Å². The number of aryl methyl sites for hydroxylation is 1. The zero-order chi connectivity index (χ0) is 13.1. The van der Waals surface area contributed by atoms with E-state index >= 15 is 0 Å². The molecule has 2 rings (SSSR count). The van der Waals surface area contributed by atoms with E-state index in [1.807, 2.05) is 0 Å². The number of carbonyl (C=O) groups is 1. The van der Waals surface area contributed by atoms with Gasteiger partial charge in [-0.3, -0.25) is 9.78 Å². The molecule has 0 unspecified atom stereocenters. The van der Waals surface area contributed by atoms with Gasteiger partial charge in [0.1, 0.15) is 17.1 Å². The van der Waals surface area contributed by atoms with Gasteiger partial charge in [-0.2, -0.15) is 0 Å². The van der Waals surface area contributed by atoms with Gasteiger partial charge >= 0.3 is 0 Å². The van der Waals surface area contributed by atoms with E-state index in [1.165, 1.54) is 12.1 Å². The molecule has 92 valence electrons. The van der Waals surface area contributed by atoms with Crippen LogP contribution in [0.25, 0.3) is 0 Å². The summed E-state index contributed by atoms with van der Waals surface area (Å²) < 4.78 is 13.5. The smallest absolute Gasteiger partial charge is 0.262 e. The summed E-state index contributed by atoms with van der Waals surface area (Å²) >= 11 is 0. The van der Waals surface area contributed by atoms with Crippen LogP contribution in [0.15, 0.2) is 36.5 Å². The second-order valence-corrected chi connectivity index (χ2v) is 3.72. The molecule has 0 aliphatic rings. The zero-order valence-electron chi connectivity index (χ0n) is 9.64. The predicted octanol–water partition coefficient (Wildman–Crippen LogP) is 2.49. The van der Waals surface area contributed by atoms with Crippen molar-refractivity contribution in [3.63, 3.8) is 0 Å². The molecule has 1 heterocycles. The van der Waals surface area contributed by atoms with Gasteiger partial charge in [0, 0.05) is 6.20 Å². The molecule has 0 radical (unpaired) electrons. The second-order valence-electron chi connectivity index (χ2n) is 3.72. The molecule has 0 aliphatic carbocycles. The molecule has 2 N–H and O–H groups in total. The summed E-state index contributed by atoms with van der Waals surface area (Å²) in [4.78, 5) is 15.9. The van der Waals surface area contributed by atoms with Gasteiger partial charge in [-0.1, -0.05) is 6.07 Å². The molecule has 0 atom stereocenters. The summed E-state index contributed by atoms with van der Waals surface area (Å²) in [5.74, 6) is -1.87. The Balaban J connectivity index is 2.31. The van der Waals surface area contributed by atoms with Crippen molar-refractivity contribution in [3.05, 3.63) is 53.6 Å². The van der Waals surface area contributed by atoms with Crippen molar-refractivity contribution in [3.8, 4) is 5.75 Å². The number of pyridine rings is 1. The van der Waals surface area contributed by atoms with E-state index in [0.717, 1.165) is 6.07 Å². The number of benzene rings is 1. The van der Waals surface area contributed by atoms with Gasteiger partial charge in [0.2, 0.25) is 0 Å². The third-order valence-corrected chi connectivity index (χ3v) is 2.47. The number of carbonyl (C=O) groups excluding carboxylic acids is 1. The molecule has 0 aliphatic heterocycles. The topological polar surface area (TPSA) is 62.2 Å². The Hall–Kier alpha value is -2.43. The number of hydrogen-bond acceptors (Lipinski definition) is 3. The van der Waals surface area contributed by atoms with Crippen LogP contribution in [0.4, 0.5) is 10.1 Å². The third-order valence-electron chi connectivity index (χ3n) is 2.47. The number of amides is 1. The largest absolute Gasteiger partial charge is 0.507 e. The van der Waals surface area contributed by atoms with Gasteiger partial charge in [-0.05, 0) is 31.2 Å². The van der Waals surface area contributed by atoms with E-state index < -0.39 is 17.5 Å². The molecule has 1 aromatic heterocycles. The third kappa shape index (κ3) is 2.29. The van der Waals surface area contributed by atoms with Crippen LogP contribution < -0.4 is 5.32 Å². The first kappa shape index (κ1) is 12.0. The van der Waals surface area contributed by atoms with E-state index in [9.17, 15) is 14.3 Å². The van der Waals surface area contributed by atoms with Gasteiger partial charge in [0.05, 0.1) is 11.4 Å². The second kappa shape index (κ2) is 4.83. The Bertz CT molecular complexity index is 579. The van der Waals surface area contributed by atoms with Crippen LogP contribution in [-0.4, -0.2) is 16.0 Å². The number of aromatic nitrogens is 1. The average molecular weight is 246 g/mol. The fraction of sp³-hybridized carbons (Fsp3) is 0.0769. The standard InChI is InChI=1S/C13H11FN2O2/c1-8-10(5-3-7-15-8)16-13(18)12-9(14)4-2-6-11(12)17/h2-7,17H,1H3,(H,16,18). The fourth-order valence-corrected chi connectivity index (χ4v) is 1.54. The summed E-state index contributed by atoms with van der Waals surface area (Å²) in [7, 11) is 0. The van der Waals surface area contributed by atoms with Gasteiger partial charge in [0.25, 0.3) is 5.91 Å². The van der Waals surface area contributed by atoms with Crippen molar-refractivity contribution >= 4 is 11.6 Å². The lowest BCUT2D eigenvalue weighted by Gasteiger charge is -2.09. The van der Waals surface area contributed by atoms with Crippen LogP contribution in [0.2, 0.25) is 0 Å². The lowest BCUT2D eigenvalue weighted by atomic mass is 10.1.